The van der Waals surface area contributed by atoms with Gasteiger partial charge < -0.3 is 19.9 Å². The lowest BCUT2D eigenvalue weighted by Gasteiger charge is -2.31. The van der Waals surface area contributed by atoms with Crippen molar-refractivity contribution in [2.75, 3.05) is 13.2 Å². The largest absolute Gasteiger partial charge is 0.356 e. The molecule has 2 atom stereocenters. The number of aryl methyl sites for hydroxylation is 1. The molecule has 0 aliphatic carbocycles. The van der Waals surface area contributed by atoms with Gasteiger partial charge in [-0.15, -0.1) is 0 Å². The van der Waals surface area contributed by atoms with Gasteiger partial charge in [0.25, 0.3) is 5.91 Å². The Hall–Kier alpha value is -2.67. The molecule has 132 valence electrons. The van der Waals surface area contributed by atoms with Crippen LogP contribution in [0.25, 0.3) is 0 Å². The third-order valence-electron chi connectivity index (χ3n) is 4.43. The number of ether oxygens (including phenoxy) is 1. The van der Waals surface area contributed by atoms with Crippen LogP contribution in [0.15, 0.2) is 36.7 Å². The second-order valence-corrected chi connectivity index (χ2v) is 6.09. The van der Waals surface area contributed by atoms with Crippen LogP contribution in [0, 0.1) is 13.8 Å². The molecule has 1 aromatic carbocycles. The summed E-state index contributed by atoms with van der Waals surface area (Å²) in [6, 6.07) is 8.89. The van der Waals surface area contributed by atoms with E-state index in [2.05, 4.69) is 15.6 Å². The van der Waals surface area contributed by atoms with Crippen molar-refractivity contribution in [2.45, 2.75) is 32.5 Å². The number of carbonyl (C=O) groups is 2. The van der Waals surface area contributed by atoms with E-state index in [4.69, 9.17) is 4.74 Å². The highest BCUT2D eigenvalue weighted by molar-refractivity contribution is 5.86. The van der Waals surface area contributed by atoms with Gasteiger partial charge in [0.05, 0.1) is 18.1 Å². The third-order valence-corrected chi connectivity index (χ3v) is 4.43. The van der Waals surface area contributed by atoms with Crippen LogP contribution in [0.5, 0.6) is 0 Å². The van der Waals surface area contributed by atoms with Gasteiger partial charge in [-0.05, 0) is 19.4 Å². The summed E-state index contributed by atoms with van der Waals surface area (Å²) in [4.78, 5) is 28.5. The minimum Gasteiger partial charge on any atom is -0.356 e. The van der Waals surface area contributed by atoms with Crippen molar-refractivity contribution in [1.29, 1.82) is 0 Å². The Kier molecular flexibility index (Phi) is 5.14. The van der Waals surface area contributed by atoms with Gasteiger partial charge in [0.2, 0.25) is 5.91 Å². The highest BCUT2D eigenvalue weighted by Crippen LogP contribution is 2.22. The average Bonchev–Trinajstić information content (AvgIpc) is 2.94. The number of imidazole rings is 1. The molecule has 1 saturated heterocycles. The molecule has 1 fully saturated rings. The lowest BCUT2D eigenvalue weighted by molar-refractivity contribution is -0.148. The topological polar surface area (TPSA) is 85.2 Å². The minimum atomic E-state index is -0.745. The third kappa shape index (κ3) is 3.88. The van der Waals surface area contributed by atoms with E-state index in [0.29, 0.717) is 13.1 Å². The van der Waals surface area contributed by atoms with Crippen molar-refractivity contribution in [3.63, 3.8) is 0 Å². The fourth-order valence-corrected chi connectivity index (χ4v) is 2.87. The van der Waals surface area contributed by atoms with Crippen LogP contribution in [-0.4, -0.2) is 40.6 Å². The van der Waals surface area contributed by atoms with E-state index < -0.39 is 12.1 Å². The van der Waals surface area contributed by atoms with E-state index in [1.807, 2.05) is 48.7 Å². The number of aromatic nitrogens is 2. The summed E-state index contributed by atoms with van der Waals surface area (Å²) in [6.07, 6.45) is 1.02. The van der Waals surface area contributed by atoms with Crippen molar-refractivity contribution in [3.8, 4) is 0 Å². The summed E-state index contributed by atoms with van der Waals surface area (Å²) in [7, 11) is 0. The summed E-state index contributed by atoms with van der Waals surface area (Å²) < 4.78 is 7.50. The minimum absolute atomic E-state index is 0.110. The predicted octanol–water partition coefficient (Wildman–Crippen LogP) is 0.872. The number of carbonyl (C=O) groups excluding carboxylic acids is 2. The maximum absolute atomic E-state index is 12.6. The van der Waals surface area contributed by atoms with E-state index in [1.54, 1.807) is 6.33 Å². The molecule has 2 aromatic rings. The highest BCUT2D eigenvalue weighted by atomic mass is 16.5. The molecule has 2 N–H and O–H groups in total. The van der Waals surface area contributed by atoms with Gasteiger partial charge in [-0.25, -0.2) is 4.98 Å². The van der Waals surface area contributed by atoms with Gasteiger partial charge in [0.1, 0.15) is 6.61 Å². The van der Waals surface area contributed by atoms with Crippen LogP contribution in [0.2, 0.25) is 0 Å². The number of amides is 2. The molecule has 0 saturated carbocycles. The molecule has 1 aliphatic heterocycles. The molecule has 0 spiro atoms. The molecule has 7 heteroatoms. The molecule has 0 radical (unpaired) electrons. The second kappa shape index (κ2) is 7.48. The van der Waals surface area contributed by atoms with E-state index in [-0.39, 0.29) is 18.4 Å². The Bertz CT molecular complexity index is 757. The second-order valence-electron chi connectivity index (χ2n) is 6.09. The first-order valence-corrected chi connectivity index (χ1v) is 8.28. The van der Waals surface area contributed by atoms with Crippen LogP contribution in [0.4, 0.5) is 0 Å². The van der Waals surface area contributed by atoms with Gasteiger partial charge in [-0.1, -0.05) is 30.3 Å². The Labute approximate surface area is 146 Å². The van der Waals surface area contributed by atoms with Gasteiger partial charge in [0.15, 0.2) is 6.10 Å². The molecule has 25 heavy (non-hydrogen) atoms. The van der Waals surface area contributed by atoms with Crippen molar-refractivity contribution in [2.24, 2.45) is 0 Å². The number of rotatable bonds is 5. The summed E-state index contributed by atoms with van der Waals surface area (Å²) in [5.41, 5.74) is 2.91. The summed E-state index contributed by atoms with van der Waals surface area (Å²) in [5, 5.41) is 5.73. The van der Waals surface area contributed by atoms with Gasteiger partial charge in [-0.2, -0.15) is 0 Å². The molecular weight excluding hydrogens is 320 g/mol. The smallest absolute Gasteiger partial charge is 0.251 e. The van der Waals surface area contributed by atoms with E-state index in [9.17, 15) is 9.59 Å². The first-order valence-electron chi connectivity index (χ1n) is 8.28. The van der Waals surface area contributed by atoms with Crippen LogP contribution < -0.4 is 10.6 Å². The first-order chi connectivity index (χ1) is 12.1. The fraction of sp³-hybridized carbons (Fsp3) is 0.389. The molecule has 2 heterocycles. The Morgan fingerprint density at radius 1 is 1.36 bits per heavy atom. The summed E-state index contributed by atoms with van der Waals surface area (Å²) in [6.45, 7) is 4.93. The average molecular weight is 342 g/mol. The van der Waals surface area contributed by atoms with E-state index in [1.165, 1.54) is 0 Å². The maximum atomic E-state index is 12.6. The molecule has 7 nitrogen and oxygen atoms in total. The standard InChI is InChI=1S/C18H22N4O3/c1-12-13(2)22(11-20-12)9-8-19-18(24)17-16(21-15(23)10-25-17)14-6-4-3-5-7-14/h3-7,11,16-17H,8-10H2,1-2H3,(H,19,24)(H,21,23)/t16-,17+/m1/s1. The zero-order valence-electron chi connectivity index (χ0n) is 14.4. The molecule has 2 amide bonds. The SMILES string of the molecule is Cc1ncn(CCNC(=O)[C@H]2OCC(=O)N[C@@H]2c2ccccc2)c1C. The summed E-state index contributed by atoms with van der Waals surface area (Å²) >= 11 is 0. The quantitative estimate of drug-likeness (QED) is 0.844. The molecule has 1 aliphatic rings. The Morgan fingerprint density at radius 3 is 2.80 bits per heavy atom. The van der Waals surface area contributed by atoms with E-state index >= 15 is 0 Å². The zero-order valence-corrected chi connectivity index (χ0v) is 14.4. The van der Waals surface area contributed by atoms with Gasteiger partial charge >= 0.3 is 0 Å². The van der Waals surface area contributed by atoms with Crippen LogP contribution in [0.3, 0.4) is 0 Å². The van der Waals surface area contributed by atoms with Crippen LogP contribution in [-0.2, 0) is 20.9 Å². The molecular formula is C18H22N4O3. The fourth-order valence-electron chi connectivity index (χ4n) is 2.87. The maximum Gasteiger partial charge on any atom is 0.251 e. The zero-order chi connectivity index (χ0) is 17.8. The Balaban J connectivity index is 1.63. The van der Waals surface area contributed by atoms with Crippen molar-refractivity contribution < 1.29 is 14.3 Å². The summed E-state index contributed by atoms with van der Waals surface area (Å²) in [5.74, 6) is -0.453. The number of benzene rings is 1. The van der Waals surface area contributed by atoms with Crippen LogP contribution >= 0.6 is 0 Å². The Morgan fingerprint density at radius 2 is 2.12 bits per heavy atom. The van der Waals surface area contributed by atoms with E-state index in [0.717, 1.165) is 17.0 Å². The number of hydrogen-bond acceptors (Lipinski definition) is 4. The number of nitrogens with one attached hydrogen (secondary N) is 2. The highest BCUT2D eigenvalue weighted by Gasteiger charge is 2.35. The lowest BCUT2D eigenvalue weighted by Crippen LogP contribution is -2.52. The number of nitrogens with zero attached hydrogens (tertiary/aromatic N) is 2. The molecule has 3 rings (SSSR count). The molecule has 0 unspecified atom stereocenters. The van der Waals surface area contributed by atoms with Crippen LogP contribution in [0.1, 0.15) is 23.0 Å². The van der Waals surface area contributed by atoms with Crippen molar-refractivity contribution >= 4 is 11.8 Å². The number of hydrogen-bond donors (Lipinski definition) is 2. The monoisotopic (exact) mass is 342 g/mol. The predicted molar refractivity (Wildman–Crippen MR) is 91.8 cm³/mol. The van der Waals surface area contributed by atoms with Gasteiger partial charge in [-0.3, -0.25) is 9.59 Å². The first kappa shape index (κ1) is 17.2. The lowest BCUT2D eigenvalue weighted by atomic mass is 9.99. The molecule has 0 bridgehead atoms. The van der Waals surface area contributed by atoms with Crippen molar-refractivity contribution in [1.82, 2.24) is 20.2 Å². The van der Waals surface area contributed by atoms with Gasteiger partial charge in [0, 0.05) is 18.8 Å². The molecule has 1 aromatic heterocycles. The van der Waals surface area contributed by atoms with Crippen molar-refractivity contribution in [3.05, 3.63) is 53.6 Å². The normalized spacial score (nSPS) is 20.2. The number of morpholine rings is 1.